The molecule has 0 saturated heterocycles. The van der Waals surface area contributed by atoms with Crippen LogP contribution < -0.4 is 0 Å². The van der Waals surface area contributed by atoms with Gasteiger partial charge in [-0.1, -0.05) is 56.2 Å². The van der Waals surface area contributed by atoms with Crippen molar-refractivity contribution in [3.8, 4) is 11.3 Å². The zero-order valence-corrected chi connectivity index (χ0v) is 24.9. The van der Waals surface area contributed by atoms with E-state index in [1.807, 2.05) is 41.8 Å². The molecular weight excluding hydrogens is 662 g/mol. The molecule has 3 nitrogen and oxygen atoms in total. The van der Waals surface area contributed by atoms with Crippen molar-refractivity contribution in [1.29, 1.82) is 0 Å². The Morgan fingerprint density at radius 1 is 1.03 bits per heavy atom. The van der Waals surface area contributed by atoms with E-state index < -0.39 is 0 Å². The Balaban J connectivity index is 0.000000422. The van der Waals surface area contributed by atoms with Crippen LogP contribution in [0.1, 0.15) is 45.1 Å². The molecule has 6 heteroatoms. The van der Waals surface area contributed by atoms with Crippen LogP contribution in [0, 0.1) is 18.8 Å². The fourth-order valence-corrected chi connectivity index (χ4v) is 5.57. The number of hydrogen-bond donors (Lipinski definition) is 1. The van der Waals surface area contributed by atoms with Gasteiger partial charge in [-0.15, -0.1) is 23.6 Å². The van der Waals surface area contributed by atoms with Crippen LogP contribution in [0.5, 0.6) is 0 Å². The van der Waals surface area contributed by atoms with E-state index in [0.29, 0.717) is 5.39 Å². The van der Waals surface area contributed by atoms with E-state index in [9.17, 15) is 9.18 Å². The number of rotatable bonds is 2. The fraction of sp³-hybridized carbons (Fsp3) is 0.226. The first kappa shape index (κ1) is 28.6. The summed E-state index contributed by atoms with van der Waals surface area (Å²) in [5.74, 6) is -0.257. The van der Waals surface area contributed by atoms with Crippen LogP contribution in [0.2, 0.25) is 0 Å². The third kappa shape index (κ3) is 6.15. The summed E-state index contributed by atoms with van der Waals surface area (Å²) in [5.41, 5.74) is 3.20. The Morgan fingerprint density at radius 2 is 1.70 bits per heavy atom. The van der Waals surface area contributed by atoms with Crippen molar-refractivity contribution in [1.82, 2.24) is 4.98 Å². The van der Waals surface area contributed by atoms with Gasteiger partial charge in [0.1, 0.15) is 5.82 Å². The van der Waals surface area contributed by atoms with Gasteiger partial charge in [0.2, 0.25) is 0 Å². The van der Waals surface area contributed by atoms with Crippen LogP contribution >= 0.6 is 11.3 Å². The Bertz CT molecular complexity index is 1640. The molecule has 1 radical (unpaired) electrons. The zero-order valence-electron chi connectivity index (χ0n) is 21.7. The summed E-state index contributed by atoms with van der Waals surface area (Å²) < 4.78 is 15.6. The Kier molecular flexibility index (Phi) is 8.69. The molecule has 0 amide bonds. The second-order valence-electron chi connectivity index (χ2n) is 10.00. The third-order valence-electron chi connectivity index (χ3n) is 5.88. The minimum absolute atomic E-state index is 0. The number of fused-ring (bicyclic) bond motifs is 4. The number of hydrogen-bond acceptors (Lipinski definition) is 4. The number of aliphatic hydroxyl groups is 1. The van der Waals surface area contributed by atoms with Crippen LogP contribution in [0.3, 0.4) is 0 Å². The van der Waals surface area contributed by atoms with E-state index in [0.717, 1.165) is 32.8 Å². The third-order valence-corrected chi connectivity index (χ3v) is 6.97. The number of nitrogens with zero attached hydrogens (tertiary/aromatic N) is 1. The van der Waals surface area contributed by atoms with Gasteiger partial charge in [0.15, 0.2) is 5.78 Å². The second kappa shape index (κ2) is 11.2. The van der Waals surface area contributed by atoms with Gasteiger partial charge in [-0.05, 0) is 64.1 Å². The molecule has 5 rings (SSSR count). The summed E-state index contributed by atoms with van der Waals surface area (Å²) in [6, 6.07) is 19.1. The van der Waals surface area contributed by atoms with Crippen molar-refractivity contribution in [2.24, 2.45) is 0 Å². The van der Waals surface area contributed by atoms with Crippen molar-refractivity contribution in [2.45, 2.75) is 47.0 Å². The molecule has 1 N–H and O–H groups in total. The molecule has 0 aliphatic carbocycles. The molecule has 37 heavy (non-hydrogen) atoms. The molecule has 0 aliphatic rings. The van der Waals surface area contributed by atoms with Gasteiger partial charge in [-0.2, -0.15) is 11.3 Å². The number of aryl methyl sites for hydroxylation is 1. The fourth-order valence-electron chi connectivity index (χ4n) is 4.38. The summed E-state index contributed by atoms with van der Waals surface area (Å²) in [6.07, 6.45) is 2.98. The Morgan fingerprint density at radius 3 is 2.32 bits per heavy atom. The summed E-state index contributed by atoms with van der Waals surface area (Å²) in [7, 11) is 0. The number of ketones is 1. The maximum Gasteiger partial charge on any atom is 0.155 e. The zero-order chi connectivity index (χ0) is 26.2. The predicted octanol–water partition coefficient (Wildman–Crippen LogP) is 8.85. The molecule has 193 valence electrons. The van der Waals surface area contributed by atoms with Crippen molar-refractivity contribution >= 4 is 48.8 Å². The van der Waals surface area contributed by atoms with Crippen molar-refractivity contribution in [3.05, 3.63) is 88.9 Å². The number of carbonyl (C=O) groups is 1. The van der Waals surface area contributed by atoms with Gasteiger partial charge in [-0.25, -0.2) is 4.39 Å². The smallest absolute Gasteiger partial charge is 0.155 e. The average molecular weight is 691 g/mol. The molecule has 5 aromatic rings. The SMILES string of the molecule is CC(=O)/C=C(/C)O.Cc1cc2[c-]c(-c3nccc4c3ccc3c(F)cccc34)cc(C(C)(C)C)c2s1.[Ir]. The van der Waals surface area contributed by atoms with Crippen molar-refractivity contribution < 1.29 is 34.4 Å². The maximum absolute atomic E-state index is 14.3. The Hall–Kier alpha value is -2.92. The molecule has 3 aromatic carbocycles. The minimum Gasteiger partial charge on any atom is -0.512 e. The van der Waals surface area contributed by atoms with Gasteiger partial charge in [0.05, 0.1) is 5.76 Å². The van der Waals surface area contributed by atoms with E-state index in [-0.39, 0.29) is 42.9 Å². The second-order valence-corrected chi connectivity index (χ2v) is 11.3. The molecule has 0 unspecified atom stereocenters. The quantitative estimate of drug-likeness (QED) is 0.0872. The number of halogens is 1. The van der Waals surface area contributed by atoms with E-state index >= 15 is 0 Å². The van der Waals surface area contributed by atoms with E-state index in [2.05, 4.69) is 45.9 Å². The standard InChI is InChI=1S/C26H21FNS.C5H8O2.Ir/c1-15-12-17-13-16(14-22(25(17)29-15)26(2,3)4)24-21-9-8-20-18(6-5-7-23(20)27)19(21)10-11-28-24;1-4(6)3-5(2)7;/h5-12,14H,1-4H3;3,6H,1-2H3;/q-1;;/b;4-3-;. The Labute approximate surface area is 234 Å². The van der Waals surface area contributed by atoms with Gasteiger partial charge in [0, 0.05) is 43.5 Å². The molecule has 0 bridgehead atoms. The largest absolute Gasteiger partial charge is 0.512 e. The van der Waals surface area contributed by atoms with Crippen LogP contribution in [-0.2, 0) is 30.3 Å². The van der Waals surface area contributed by atoms with Gasteiger partial charge >= 0.3 is 0 Å². The topological polar surface area (TPSA) is 50.2 Å². The van der Waals surface area contributed by atoms with Crippen molar-refractivity contribution in [2.75, 3.05) is 0 Å². The molecular formula is C31H29FIrNO2S-. The maximum atomic E-state index is 14.3. The number of aromatic nitrogens is 1. The van der Waals surface area contributed by atoms with Gasteiger partial charge < -0.3 is 5.11 Å². The number of carbonyl (C=O) groups excluding carboxylic acids is 1. The number of benzene rings is 3. The van der Waals surface area contributed by atoms with E-state index in [1.165, 1.54) is 41.1 Å². The van der Waals surface area contributed by atoms with E-state index in [1.54, 1.807) is 6.07 Å². The van der Waals surface area contributed by atoms with Crippen LogP contribution in [0.25, 0.3) is 42.9 Å². The molecule has 2 aromatic heterocycles. The molecule has 0 atom stereocenters. The van der Waals surface area contributed by atoms with Crippen LogP contribution in [-0.4, -0.2) is 15.9 Å². The monoisotopic (exact) mass is 691 g/mol. The minimum atomic E-state index is -0.195. The van der Waals surface area contributed by atoms with Gasteiger partial charge in [0.25, 0.3) is 0 Å². The van der Waals surface area contributed by atoms with Crippen molar-refractivity contribution in [3.63, 3.8) is 0 Å². The number of pyridine rings is 1. The molecule has 0 saturated carbocycles. The van der Waals surface area contributed by atoms with Crippen LogP contribution in [0.15, 0.2) is 66.6 Å². The van der Waals surface area contributed by atoms with E-state index in [4.69, 9.17) is 10.1 Å². The van der Waals surface area contributed by atoms with Gasteiger partial charge in [-0.3, -0.25) is 9.78 Å². The van der Waals surface area contributed by atoms with Crippen LogP contribution in [0.4, 0.5) is 4.39 Å². The number of allylic oxidation sites excluding steroid dienone is 2. The first-order chi connectivity index (χ1) is 17.0. The summed E-state index contributed by atoms with van der Waals surface area (Å²) >= 11 is 1.82. The predicted molar refractivity (Wildman–Crippen MR) is 149 cm³/mol. The summed E-state index contributed by atoms with van der Waals surface area (Å²) in [4.78, 5) is 16.0. The molecule has 2 heterocycles. The number of aliphatic hydroxyl groups excluding tert-OH is 1. The molecule has 0 fully saturated rings. The summed E-state index contributed by atoms with van der Waals surface area (Å²) in [5, 5.41) is 13.1. The summed E-state index contributed by atoms with van der Waals surface area (Å²) in [6.45, 7) is 11.7. The average Bonchev–Trinajstić information content (AvgIpc) is 3.16. The first-order valence-electron chi connectivity index (χ1n) is 11.8. The molecule has 0 aliphatic heterocycles. The number of thiophene rings is 1. The first-order valence-corrected chi connectivity index (χ1v) is 12.6. The molecule has 0 spiro atoms. The normalized spacial score (nSPS) is 11.8.